The number of hydrogen-bond acceptors (Lipinski definition) is 5. The van der Waals surface area contributed by atoms with Crippen molar-refractivity contribution in [3.63, 3.8) is 0 Å². The third-order valence-electron chi connectivity index (χ3n) is 4.01. The summed E-state index contributed by atoms with van der Waals surface area (Å²) in [6.45, 7) is 0. The number of aliphatic hydroxyl groups excluding tert-OH is 1. The summed E-state index contributed by atoms with van der Waals surface area (Å²) in [5.74, 6) is 0.593. The Morgan fingerprint density at radius 1 is 1.23 bits per heavy atom. The van der Waals surface area contributed by atoms with Gasteiger partial charge in [0, 0.05) is 12.0 Å². The van der Waals surface area contributed by atoms with Gasteiger partial charge in [0.2, 0.25) is 0 Å². The molecule has 0 bridgehead atoms. The van der Waals surface area contributed by atoms with Crippen molar-refractivity contribution in [2.75, 3.05) is 21.3 Å². The summed E-state index contributed by atoms with van der Waals surface area (Å²) in [5.41, 5.74) is 2.07. The molecule has 5 nitrogen and oxygen atoms in total. The second kappa shape index (κ2) is 7.31. The Balaban J connectivity index is 2.46. The lowest BCUT2D eigenvalue weighted by Gasteiger charge is -2.21. The van der Waals surface area contributed by atoms with E-state index < -0.39 is 12.1 Å². The van der Waals surface area contributed by atoms with E-state index in [0.717, 1.165) is 24.0 Å². The standard InChI is InChI=1S/C17H22O5/c1-20-15-9-11-5-4-6-14(18)12(7-8-17(19)22-3)13(11)10-16(15)21-2/h7-10,12,14,18H,4-6H2,1-3H3/b8-7+/t12-,14-/m1/s1. The number of ether oxygens (including phenoxy) is 3. The molecule has 0 aromatic heterocycles. The second-order valence-electron chi connectivity index (χ2n) is 5.27. The molecule has 0 spiro atoms. The molecular weight excluding hydrogens is 284 g/mol. The van der Waals surface area contributed by atoms with Crippen LogP contribution < -0.4 is 9.47 Å². The summed E-state index contributed by atoms with van der Waals surface area (Å²) in [5, 5.41) is 10.4. The van der Waals surface area contributed by atoms with Gasteiger partial charge in [0.1, 0.15) is 0 Å². The van der Waals surface area contributed by atoms with E-state index in [9.17, 15) is 9.90 Å². The van der Waals surface area contributed by atoms with Crippen LogP contribution >= 0.6 is 0 Å². The average molecular weight is 306 g/mol. The van der Waals surface area contributed by atoms with Gasteiger partial charge in [-0.05, 0) is 42.5 Å². The van der Waals surface area contributed by atoms with Gasteiger partial charge in [-0.2, -0.15) is 0 Å². The molecule has 0 amide bonds. The first-order valence-corrected chi connectivity index (χ1v) is 7.29. The van der Waals surface area contributed by atoms with Crippen molar-refractivity contribution in [3.05, 3.63) is 35.4 Å². The summed E-state index contributed by atoms with van der Waals surface area (Å²) >= 11 is 0. The predicted molar refractivity (Wildman–Crippen MR) is 82.4 cm³/mol. The van der Waals surface area contributed by atoms with E-state index in [1.54, 1.807) is 20.3 Å². The zero-order valence-electron chi connectivity index (χ0n) is 13.2. The molecule has 0 heterocycles. The van der Waals surface area contributed by atoms with Crippen LogP contribution in [0.5, 0.6) is 11.5 Å². The number of carbonyl (C=O) groups is 1. The van der Waals surface area contributed by atoms with Crippen LogP contribution in [0.3, 0.4) is 0 Å². The monoisotopic (exact) mass is 306 g/mol. The third-order valence-corrected chi connectivity index (χ3v) is 4.01. The van der Waals surface area contributed by atoms with E-state index in [0.29, 0.717) is 17.9 Å². The second-order valence-corrected chi connectivity index (χ2v) is 5.27. The number of benzene rings is 1. The number of carbonyl (C=O) groups excluding carboxylic acids is 1. The average Bonchev–Trinajstić information content (AvgIpc) is 2.69. The molecule has 2 rings (SSSR count). The molecule has 1 N–H and O–H groups in total. The van der Waals surface area contributed by atoms with Crippen LogP contribution in [0.25, 0.3) is 0 Å². The maximum atomic E-state index is 11.3. The van der Waals surface area contributed by atoms with E-state index in [1.807, 2.05) is 12.1 Å². The molecule has 0 unspecified atom stereocenters. The molecule has 2 atom stereocenters. The van der Waals surface area contributed by atoms with Crippen molar-refractivity contribution in [1.82, 2.24) is 0 Å². The summed E-state index contributed by atoms with van der Waals surface area (Å²) in [6, 6.07) is 3.83. The highest BCUT2D eigenvalue weighted by molar-refractivity contribution is 5.82. The SMILES string of the molecule is COC(=O)/C=C/[C@@H]1c2cc(OC)c(OC)cc2CCC[C@H]1O. The summed E-state index contributed by atoms with van der Waals surface area (Å²) < 4.78 is 15.3. The number of aryl methyl sites for hydroxylation is 1. The lowest BCUT2D eigenvalue weighted by molar-refractivity contribution is -0.134. The first kappa shape index (κ1) is 16.4. The van der Waals surface area contributed by atoms with Crippen LogP contribution in [0.1, 0.15) is 29.9 Å². The molecule has 120 valence electrons. The van der Waals surface area contributed by atoms with E-state index in [-0.39, 0.29) is 5.92 Å². The van der Waals surface area contributed by atoms with Gasteiger partial charge in [0.05, 0.1) is 27.4 Å². The third kappa shape index (κ3) is 3.42. The van der Waals surface area contributed by atoms with E-state index in [4.69, 9.17) is 9.47 Å². The molecule has 1 aromatic carbocycles. The highest BCUT2D eigenvalue weighted by atomic mass is 16.5. The molecule has 22 heavy (non-hydrogen) atoms. The van der Waals surface area contributed by atoms with E-state index >= 15 is 0 Å². The van der Waals surface area contributed by atoms with Gasteiger partial charge in [0.25, 0.3) is 0 Å². The Bertz CT molecular complexity index is 564. The summed E-state index contributed by atoms with van der Waals surface area (Å²) in [6.07, 6.45) is 4.93. The number of fused-ring (bicyclic) bond motifs is 1. The Morgan fingerprint density at radius 3 is 2.55 bits per heavy atom. The van der Waals surface area contributed by atoms with Crippen LogP contribution in [0, 0.1) is 0 Å². The van der Waals surface area contributed by atoms with E-state index in [2.05, 4.69) is 4.74 Å². The Morgan fingerprint density at radius 2 is 1.91 bits per heavy atom. The predicted octanol–water partition coefficient (Wildman–Crippen LogP) is 2.21. The van der Waals surface area contributed by atoms with Crippen molar-refractivity contribution in [2.45, 2.75) is 31.3 Å². The molecule has 1 aromatic rings. The Labute approximate surface area is 130 Å². The highest BCUT2D eigenvalue weighted by Crippen LogP contribution is 2.39. The molecule has 5 heteroatoms. The number of methoxy groups -OCH3 is 3. The van der Waals surface area contributed by atoms with Crippen LogP contribution in [0.15, 0.2) is 24.3 Å². The first-order valence-electron chi connectivity index (χ1n) is 7.29. The molecule has 0 saturated heterocycles. The van der Waals surface area contributed by atoms with Gasteiger partial charge in [-0.25, -0.2) is 4.79 Å². The largest absolute Gasteiger partial charge is 0.493 e. The molecule has 0 aliphatic heterocycles. The zero-order valence-corrected chi connectivity index (χ0v) is 13.2. The highest BCUT2D eigenvalue weighted by Gasteiger charge is 2.26. The fourth-order valence-corrected chi connectivity index (χ4v) is 2.83. The first-order chi connectivity index (χ1) is 10.6. The quantitative estimate of drug-likeness (QED) is 0.525. The molecule has 0 saturated carbocycles. The lowest BCUT2D eigenvalue weighted by Crippen LogP contribution is -2.16. The van der Waals surface area contributed by atoms with Gasteiger partial charge in [-0.3, -0.25) is 0 Å². The van der Waals surface area contributed by atoms with Crippen molar-refractivity contribution in [3.8, 4) is 11.5 Å². The van der Waals surface area contributed by atoms with Crippen molar-refractivity contribution < 1.29 is 24.1 Å². The molecule has 1 aliphatic rings. The van der Waals surface area contributed by atoms with Crippen LogP contribution in [-0.4, -0.2) is 38.5 Å². The molecule has 1 aliphatic carbocycles. The van der Waals surface area contributed by atoms with Gasteiger partial charge in [-0.1, -0.05) is 6.08 Å². The smallest absolute Gasteiger partial charge is 0.330 e. The normalized spacial score (nSPS) is 21.1. The minimum atomic E-state index is -0.541. The van der Waals surface area contributed by atoms with Crippen LogP contribution in [-0.2, 0) is 16.0 Å². The Hall–Kier alpha value is -2.01. The number of rotatable bonds is 4. The van der Waals surface area contributed by atoms with Gasteiger partial charge < -0.3 is 19.3 Å². The number of hydrogen-bond donors (Lipinski definition) is 1. The van der Waals surface area contributed by atoms with Crippen LogP contribution in [0.4, 0.5) is 0 Å². The maximum Gasteiger partial charge on any atom is 0.330 e. The van der Waals surface area contributed by atoms with Crippen molar-refractivity contribution in [2.24, 2.45) is 0 Å². The zero-order chi connectivity index (χ0) is 16.1. The molecular formula is C17H22O5. The minimum absolute atomic E-state index is 0.267. The Kier molecular flexibility index (Phi) is 5.44. The number of esters is 1. The summed E-state index contributed by atoms with van der Waals surface area (Å²) in [7, 11) is 4.51. The topological polar surface area (TPSA) is 65.0 Å². The van der Waals surface area contributed by atoms with Gasteiger partial charge in [0.15, 0.2) is 11.5 Å². The minimum Gasteiger partial charge on any atom is -0.493 e. The van der Waals surface area contributed by atoms with Gasteiger partial charge >= 0.3 is 5.97 Å². The van der Waals surface area contributed by atoms with Crippen molar-refractivity contribution in [1.29, 1.82) is 0 Å². The number of aliphatic hydroxyl groups is 1. The fraction of sp³-hybridized carbons (Fsp3) is 0.471. The van der Waals surface area contributed by atoms with Crippen LogP contribution in [0.2, 0.25) is 0 Å². The lowest BCUT2D eigenvalue weighted by atomic mass is 9.90. The van der Waals surface area contributed by atoms with E-state index in [1.165, 1.54) is 13.2 Å². The molecule has 0 fully saturated rings. The summed E-state index contributed by atoms with van der Waals surface area (Å²) in [4.78, 5) is 11.3. The fourth-order valence-electron chi connectivity index (χ4n) is 2.83. The maximum absolute atomic E-state index is 11.3. The molecule has 0 radical (unpaired) electrons. The van der Waals surface area contributed by atoms with Gasteiger partial charge in [-0.15, -0.1) is 0 Å². The van der Waals surface area contributed by atoms with Crippen molar-refractivity contribution >= 4 is 5.97 Å².